The van der Waals surface area contributed by atoms with Crippen molar-refractivity contribution < 1.29 is 29.5 Å². The number of rotatable bonds is 7. The molecule has 0 amide bonds. The van der Waals surface area contributed by atoms with E-state index in [1.807, 2.05) is 60.7 Å². The third-order valence-corrected chi connectivity index (χ3v) is 4.39. The minimum atomic E-state index is -1.31. The van der Waals surface area contributed by atoms with Gasteiger partial charge < -0.3 is 29.5 Å². The van der Waals surface area contributed by atoms with Gasteiger partial charge in [-0.3, -0.25) is 0 Å². The van der Waals surface area contributed by atoms with Crippen molar-refractivity contribution in [3.05, 3.63) is 71.8 Å². The van der Waals surface area contributed by atoms with Gasteiger partial charge >= 0.3 is 0 Å². The number of aliphatic hydroxyl groups is 3. The molecule has 26 heavy (non-hydrogen) atoms. The Kier molecular flexibility index (Phi) is 6.73. The van der Waals surface area contributed by atoms with E-state index >= 15 is 0 Å². The molecule has 0 saturated carbocycles. The third-order valence-electron chi connectivity index (χ3n) is 4.39. The summed E-state index contributed by atoms with van der Waals surface area (Å²) in [5, 5.41) is 30.2. The van der Waals surface area contributed by atoms with Crippen LogP contribution in [0.5, 0.6) is 0 Å². The summed E-state index contributed by atoms with van der Waals surface area (Å²) in [5.41, 5.74) is 1.86. The number of benzene rings is 2. The van der Waals surface area contributed by atoms with Crippen molar-refractivity contribution in [3.63, 3.8) is 0 Å². The second kappa shape index (κ2) is 9.23. The van der Waals surface area contributed by atoms with Gasteiger partial charge in [-0.25, -0.2) is 0 Å². The Balaban J connectivity index is 1.69. The molecule has 1 fully saturated rings. The standard InChI is InChI=1S/C20H24O6/c21-11-16-17(22)18(24-12-14-7-3-1-4-8-14)19(20(23)26-16)25-13-15-9-5-2-6-10-15/h1-10,16-23H,11-13H2/t16-,17-,18+,19-,20+/m1/s1. The minimum absolute atomic E-state index is 0.244. The molecule has 0 radical (unpaired) electrons. The van der Waals surface area contributed by atoms with Crippen molar-refractivity contribution >= 4 is 0 Å². The molecule has 2 aromatic carbocycles. The summed E-state index contributed by atoms with van der Waals surface area (Å²) in [6.07, 6.45) is -5.06. The van der Waals surface area contributed by atoms with Crippen molar-refractivity contribution in [2.45, 2.75) is 43.9 Å². The summed E-state index contributed by atoms with van der Waals surface area (Å²) >= 11 is 0. The number of hydrogen-bond acceptors (Lipinski definition) is 6. The molecule has 5 atom stereocenters. The van der Waals surface area contributed by atoms with Gasteiger partial charge in [-0.1, -0.05) is 60.7 Å². The molecule has 0 aliphatic carbocycles. The fraction of sp³-hybridized carbons (Fsp3) is 0.400. The second-order valence-electron chi connectivity index (χ2n) is 6.26. The molecule has 0 bridgehead atoms. The van der Waals surface area contributed by atoms with Crippen molar-refractivity contribution in [1.82, 2.24) is 0 Å². The molecule has 3 N–H and O–H groups in total. The lowest BCUT2D eigenvalue weighted by molar-refractivity contribution is -0.307. The van der Waals surface area contributed by atoms with Crippen LogP contribution in [0, 0.1) is 0 Å². The van der Waals surface area contributed by atoms with E-state index in [9.17, 15) is 15.3 Å². The summed E-state index contributed by atoms with van der Waals surface area (Å²) in [5.74, 6) is 0. The Bertz CT molecular complexity index is 650. The van der Waals surface area contributed by atoms with Gasteiger partial charge in [0.25, 0.3) is 0 Å². The monoisotopic (exact) mass is 360 g/mol. The van der Waals surface area contributed by atoms with Gasteiger partial charge in [-0.15, -0.1) is 0 Å². The van der Waals surface area contributed by atoms with Crippen LogP contribution in [0.3, 0.4) is 0 Å². The molecule has 0 unspecified atom stereocenters. The smallest absolute Gasteiger partial charge is 0.184 e. The molecule has 3 rings (SSSR count). The van der Waals surface area contributed by atoms with Crippen LogP contribution in [0.15, 0.2) is 60.7 Å². The lowest BCUT2D eigenvalue weighted by Gasteiger charge is -2.42. The Morgan fingerprint density at radius 3 is 1.77 bits per heavy atom. The van der Waals surface area contributed by atoms with E-state index in [0.717, 1.165) is 11.1 Å². The highest BCUT2D eigenvalue weighted by Gasteiger charge is 2.46. The highest BCUT2D eigenvalue weighted by molar-refractivity contribution is 5.14. The largest absolute Gasteiger partial charge is 0.394 e. The van der Waals surface area contributed by atoms with Gasteiger partial charge in [-0.2, -0.15) is 0 Å². The van der Waals surface area contributed by atoms with Gasteiger partial charge in [0, 0.05) is 0 Å². The third kappa shape index (κ3) is 4.67. The summed E-state index contributed by atoms with van der Waals surface area (Å²) < 4.78 is 16.9. The molecule has 1 aliphatic rings. The average Bonchev–Trinajstić information content (AvgIpc) is 2.69. The molecule has 1 saturated heterocycles. The maximum Gasteiger partial charge on any atom is 0.184 e. The Labute approximate surface area is 152 Å². The first-order valence-corrected chi connectivity index (χ1v) is 8.62. The lowest BCUT2D eigenvalue weighted by Crippen LogP contribution is -2.60. The van der Waals surface area contributed by atoms with E-state index in [4.69, 9.17) is 14.2 Å². The van der Waals surface area contributed by atoms with Crippen LogP contribution in [-0.4, -0.2) is 52.6 Å². The lowest BCUT2D eigenvalue weighted by atomic mass is 9.98. The summed E-state index contributed by atoms with van der Waals surface area (Å²) in [4.78, 5) is 0. The zero-order chi connectivity index (χ0) is 18.4. The van der Waals surface area contributed by atoms with Crippen LogP contribution in [0.1, 0.15) is 11.1 Å². The quantitative estimate of drug-likeness (QED) is 0.688. The maximum absolute atomic E-state index is 10.5. The summed E-state index contributed by atoms with van der Waals surface area (Å²) in [7, 11) is 0. The topological polar surface area (TPSA) is 88.4 Å². The van der Waals surface area contributed by atoms with Gasteiger partial charge in [0.15, 0.2) is 6.29 Å². The Morgan fingerprint density at radius 1 is 0.769 bits per heavy atom. The fourth-order valence-electron chi connectivity index (χ4n) is 2.96. The van der Waals surface area contributed by atoms with E-state index in [2.05, 4.69) is 0 Å². The first kappa shape index (κ1) is 19.0. The molecule has 0 spiro atoms. The average molecular weight is 360 g/mol. The van der Waals surface area contributed by atoms with Gasteiger partial charge in [-0.05, 0) is 11.1 Å². The highest BCUT2D eigenvalue weighted by Crippen LogP contribution is 2.26. The maximum atomic E-state index is 10.5. The van der Waals surface area contributed by atoms with Gasteiger partial charge in [0.1, 0.15) is 24.4 Å². The fourth-order valence-corrected chi connectivity index (χ4v) is 2.96. The normalized spacial score (nSPS) is 28.8. The molecule has 1 aliphatic heterocycles. The van der Waals surface area contributed by atoms with E-state index in [-0.39, 0.29) is 13.2 Å². The van der Waals surface area contributed by atoms with E-state index in [0.29, 0.717) is 0 Å². The van der Waals surface area contributed by atoms with Crippen molar-refractivity contribution in [3.8, 4) is 0 Å². The van der Waals surface area contributed by atoms with Crippen LogP contribution >= 0.6 is 0 Å². The molecular formula is C20H24O6. The van der Waals surface area contributed by atoms with Crippen molar-refractivity contribution in [2.75, 3.05) is 6.61 Å². The first-order valence-electron chi connectivity index (χ1n) is 8.62. The van der Waals surface area contributed by atoms with E-state index in [1.54, 1.807) is 0 Å². The van der Waals surface area contributed by atoms with Gasteiger partial charge in [0.2, 0.25) is 0 Å². The molecular weight excluding hydrogens is 336 g/mol. The minimum Gasteiger partial charge on any atom is -0.394 e. The van der Waals surface area contributed by atoms with Crippen LogP contribution in [0.4, 0.5) is 0 Å². The Hall–Kier alpha value is -1.80. The van der Waals surface area contributed by atoms with Crippen LogP contribution < -0.4 is 0 Å². The van der Waals surface area contributed by atoms with E-state index in [1.165, 1.54) is 0 Å². The predicted molar refractivity (Wildman–Crippen MR) is 94.0 cm³/mol. The first-order chi connectivity index (χ1) is 12.7. The Morgan fingerprint density at radius 2 is 1.27 bits per heavy atom. The summed E-state index contributed by atoms with van der Waals surface area (Å²) in [6, 6.07) is 19.0. The number of hydrogen-bond donors (Lipinski definition) is 3. The zero-order valence-electron chi connectivity index (χ0n) is 14.3. The molecule has 6 nitrogen and oxygen atoms in total. The number of ether oxygens (including phenoxy) is 3. The molecule has 1 heterocycles. The van der Waals surface area contributed by atoms with Gasteiger partial charge in [0.05, 0.1) is 19.8 Å². The predicted octanol–water partition coefficient (Wildman–Crippen LogP) is 1.23. The second-order valence-corrected chi connectivity index (χ2v) is 6.26. The molecule has 2 aromatic rings. The number of aliphatic hydroxyl groups excluding tert-OH is 3. The molecule has 6 heteroatoms. The molecule has 140 valence electrons. The van der Waals surface area contributed by atoms with Crippen molar-refractivity contribution in [2.24, 2.45) is 0 Å². The van der Waals surface area contributed by atoms with Crippen LogP contribution in [0.25, 0.3) is 0 Å². The van der Waals surface area contributed by atoms with E-state index < -0.39 is 37.3 Å². The molecule has 0 aromatic heterocycles. The summed E-state index contributed by atoms with van der Waals surface area (Å²) in [6.45, 7) is 0.0705. The van der Waals surface area contributed by atoms with Crippen LogP contribution in [-0.2, 0) is 27.4 Å². The SMILES string of the molecule is OC[C@H]1O[C@H](O)[C@H](OCc2ccccc2)[C@@H](OCc2ccccc2)[C@@H]1O. The van der Waals surface area contributed by atoms with Crippen LogP contribution in [0.2, 0.25) is 0 Å². The zero-order valence-corrected chi connectivity index (χ0v) is 14.3. The van der Waals surface area contributed by atoms with Crippen molar-refractivity contribution in [1.29, 1.82) is 0 Å². The highest BCUT2D eigenvalue weighted by atomic mass is 16.7.